The summed E-state index contributed by atoms with van der Waals surface area (Å²) in [4.78, 5) is 27.2. The van der Waals surface area contributed by atoms with Gasteiger partial charge in [0.15, 0.2) is 0 Å². The fourth-order valence-electron chi connectivity index (χ4n) is 3.67. The summed E-state index contributed by atoms with van der Waals surface area (Å²) in [5.74, 6) is -1.02. The van der Waals surface area contributed by atoms with Crippen LogP contribution in [0.5, 0.6) is 0 Å². The van der Waals surface area contributed by atoms with E-state index >= 15 is 0 Å². The Morgan fingerprint density at radius 3 is 2.06 bits per heavy atom. The van der Waals surface area contributed by atoms with Crippen LogP contribution in [-0.4, -0.2) is 28.5 Å². The van der Waals surface area contributed by atoms with Crippen LogP contribution >= 0.6 is 0 Å². The van der Waals surface area contributed by atoms with E-state index in [1.165, 1.54) is 18.3 Å². The summed E-state index contributed by atoms with van der Waals surface area (Å²) in [6.07, 6.45) is -2.28. The highest BCUT2D eigenvalue weighted by Crippen LogP contribution is 2.32. The third kappa shape index (κ3) is 7.56. The zero-order chi connectivity index (χ0) is 26.3. The van der Waals surface area contributed by atoms with E-state index in [2.05, 4.69) is 29.5 Å². The number of halogens is 3. The average molecular weight is 500 g/mol. The van der Waals surface area contributed by atoms with Gasteiger partial charge in [0.1, 0.15) is 0 Å². The Kier molecular flexibility index (Phi) is 8.68. The molecule has 1 unspecified atom stereocenters. The molecule has 0 aliphatic rings. The molecule has 0 aliphatic heterocycles. The number of carboxylic acid groups (broad SMARTS) is 1. The SMILES string of the molecule is CC(C)CC(Nc1ccc(-c2ccc(C(F)(F)F)cc2)cc1)c1ccc(C(=O)NCCC(=O)O)cn1. The molecule has 3 rings (SSSR count). The minimum Gasteiger partial charge on any atom is -0.481 e. The number of rotatable bonds is 10. The number of carbonyl (C=O) groups excluding carboxylic acids is 1. The van der Waals surface area contributed by atoms with Crippen molar-refractivity contribution in [2.75, 3.05) is 11.9 Å². The van der Waals surface area contributed by atoms with Gasteiger partial charge in [0.2, 0.25) is 0 Å². The molecule has 2 aromatic carbocycles. The van der Waals surface area contributed by atoms with E-state index in [4.69, 9.17) is 5.11 Å². The number of hydrogen-bond donors (Lipinski definition) is 3. The number of pyridine rings is 1. The van der Waals surface area contributed by atoms with Gasteiger partial charge in [-0.05, 0) is 59.9 Å². The number of carboxylic acids is 1. The maximum absolute atomic E-state index is 12.8. The fraction of sp³-hybridized carbons (Fsp3) is 0.296. The lowest BCUT2D eigenvalue weighted by Crippen LogP contribution is -2.26. The van der Waals surface area contributed by atoms with Crippen molar-refractivity contribution in [3.63, 3.8) is 0 Å². The van der Waals surface area contributed by atoms with Crippen LogP contribution < -0.4 is 10.6 Å². The van der Waals surface area contributed by atoms with Gasteiger partial charge in [-0.2, -0.15) is 13.2 Å². The van der Waals surface area contributed by atoms with E-state index < -0.39 is 17.7 Å². The van der Waals surface area contributed by atoms with E-state index in [1.54, 1.807) is 12.1 Å². The third-order valence-electron chi connectivity index (χ3n) is 5.51. The molecular formula is C27H28F3N3O3. The molecule has 190 valence electrons. The second-order valence-electron chi connectivity index (χ2n) is 8.85. The average Bonchev–Trinajstić information content (AvgIpc) is 2.83. The van der Waals surface area contributed by atoms with Crippen molar-refractivity contribution >= 4 is 17.6 Å². The van der Waals surface area contributed by atoms with Crippen molar-refractivity contribution in [2.45, 2.75) is 38.9 Å². The molecule has 1 heterocycles. The minimum atomic E-state index is -4.37. The van der Waals surface area contributed by atoms with Crippen molar-refractivity contribution in [1.82, 2.24) is 10.3 Å². The van der Waals surface area contributed by atoms with Crippen molar-refractivity contribution in [1.29, 1.82) is 0 Å². The highest BCUT2D eigenvalue weighted by atomic mass is 19.4. The molecule has 0 bridgehead atoms. The van der Waals surface area contributed by atoms with Crippen molar-refractivity contribution < 1.29 is 27.9 Å². The van der Waals surface area contributed by atoms with Crippen LogP contribution in [0.1, 0.15) is 54.3 Å². The van der Waals surface area contributed by atoms with Gasteiger partial charge < -0.3 is 15.7 Å². The summed E-state index contributed by atoms with van der Waals surface area (Å²) in [6.45, 7) is 4.22. The van der Waals surface area contributed by atoms with Gasteiger partial charge in [-0.25, -0.2) is 0 Å². The van der Waals surface area contributed by atoms with Crippen LogP contribution in [0.3, 0.4) is 0 Å². The molecule has 36 heavy (non-hydrogen) atoms. The smallest absolute Gasteiger partial charge is 0.416 e. The summed E-state index contributed by atoms with van der Waals surface area (Å²) in [7, 11) is 0. The topological polar surface area (TPSA) is 91.3 Å². The fourth-order valence-corrected chi connectivity index (χ4v) is 3.67. The molecule has 3 aromatic rings. The lowest BCUT2D eigenvalue weighted by Gasteiger charge is -2.22. The van der Waals surface area contributed by atoms with Crippen LogP contribution in [-0.2, 0) is 11.0 Å². The molecule has 0 aliphatic carbocycles. The Morgan fingerprint density at radius 1 is 0.944 bits per heavy atom. The predicted molar refractivity (Wildman–Crippen MR) is 132 cm³/mol. The predicted octanol–water partition coefficient (Wildman–Crippen LogP) is 6.17. The molecular weight excluding hydrogens is 471 g/mol. The van der Waals surface area contributed by atoms with Gasteiger partial charge in [0.05, 0.1) is 29.3 Å². The Balaban J connectivity index is 1.70. The van der Waals surface area contributed by atoms with Crippen LogP contribution in [0.25, 0.3) is 11.1 Å². The number of aliphatic carboxylic acids is 1. The van der Waals surface area contributed by atoms with Crippen molar-refractivity contribution in [3.8, 4) is 11.1 Å². The maximum atomic E-state index is 12.8. The van der Waals surface area contributed by atoms with E-state index in [9.17, 15) is 22.8 Å². The Hall–Kier alpha value is -3.88. The number of nitrogens with zero attached hydrogens (tertiary/aromatic N) is 1. The van der Waals surface area contributed by atoms with Gasteiger partial charge in [-0.15, -0.1) is 0 Å². The highest BCUT2D eigenvalue weighted by molar-refractivity contribution is 5.94. The molecule has 0 saturated carbocycles. The number of aromatic nitrogens is 1. The van der Waals surface area contributed by atoms with Crippen molar-refractivity contribution in [3.05, 3.63) is 83.7 Å². The zero-order valence-corrected chi connectivity index (χ0v) is 20.0. The Bertz CT molecular complexity index is 1160. The van der Waals surface area contributed by atoms with E-state index in [0.717, 1.165) is 35.5 Å². The maximum Gasteiger partial charge on any atom is 0.416 e. The first-order valence-corrected chi connectivity index (χ1v) is 11.5. The lowest BCUT2D eigenvalue weighted by molar-refractivity contribution is -0.138. The van der Waals surface area contributed by atoms with Gasteiger partial charge in [0.25, 0.3) is 5.91 Å². The Morgan fingerprint density at radius 2 is 1.56 bits per heavy atom. The van der Waals surface area contributed by atoms with E-state index in [0.29, 0.717) is 17.0 Å². The Labute approximate surface area is 207 Å². The van der Waals surface area contributed by atoms with Gasteiger partial charge in [-0.3, -0.25) is 14.6 Å². The van der Waals surface area contributed by atoms with Gasteiger partial charge in [-0.1, -0.05) is 38.1 Å². The molecule has 9 heteroatoms. The molecule has 1 atom stereocenters. The quantitative estimate of drug-likeness (QED) is 0.310. The molecule has 1 aromatic heterocycles. The van der Waals surface area contributed by atoms with Crippen LogP contribution in [0.4, 0.5) is 18.9 Å². The number of hydrogen-bond acceptors (Lipinski definition) is 4. The zero-order valence-electron chi connectivity index (χ0n) is 20.0. The second-order valence-corrected chi connectivity index (χ2v) is 8.85. The molecule has 3 N–H and O–H groups in total. The first kappa shape index (κ1) is 26.7. The molecule has 0 fully saturated rings. The van der Waals surface area contributed by atoms with Crippen LogP contribution in [0.2, 0.25) is 0 Å². The highest BCUT2D eigenvalue weighted by Gasteiger charge is 2.30. The summed E-state index contributed by atoms with van der Waals surface area (Å²) in [6, 6.07) is 15.8. The standard InChI is InChI=1S/C27H28F3N3O3/c1-17(2)15-24(23-12-7-20(16-32-23)26(36)31-14-13-25(34)35)33-22-10-5-19(6-11-22)18-3-8-21(9-4-18)27(28,29)30/h3-12,16-17,24,33H,13-15H2,1-2H3,(H,31,36)(H,34,35). The first-order valence-electron chi connectivity index (χ1n) is 11.5. The van der Waals surface area contributed by atoms with E-state index in [-0.39, 0.29) is 24.9 Å². The second kappa shape index (κ2) is 11.7. The normalized spacial score (nSPS) is 12.3. The summed E-state index contributed by atoms with van der Waals surface area (Å²) in [5.41, 5.74) is 2.72. The lowest BCUT2D eigenvalue weighted by atomic mass is 9.99. The number of anilines is 1. The molecule has 0 spiro atoms. The monoisotopic (exact) mass is 499 g/mol. The van der Waals surface area contributed by atoms with Gasteiger partial charge >= 0.3 is 12.1 Å². The number of amides is 1. The summed E-state index contributed by atoms with van der Waals surface area (Å²) >= 11 is 0. The van der Waals surface area contributed by atoms with E-state index in [1.807, 2.05) is 24.3 Å². The van der Waals surface area contributed by atoms with Crippen LogP contribution in [0, 0.1) is 5.92 Å². The molecule has 6 nitrogen and oxygen atoms in total. The molecule has 1 amide bonds. The number of carbonyl (C=O) groups is 2. The number of alkyl halides is 3. The first-order chi connectivity index (χ1) is 17.0. The minimum absolute atomic E-state index is 0.0376. The largest absolute Gasteiger partial charge is 0.481 e. The summed E-state index contributed by atoms with van der Waals surface area (Å²) in [5, 5.41) is 14.7. The van der Waals surface area contributed by atoms with Crippen LogP contribution in [0.15, 0.2) is 66.9 Å². The number of benzene rings is 2. The van der Waals surface area contributed by atoms with Gasteiger partial charge in [0, 0.05) is 18.4 Å². The number of nitrogens with one attached hydrogen (secondary N) is 2. The summed E-state index contributed by atoms with van der Waals surface area (Å²) < 4.78 is 38.4. The third-order valence-corrected chi connectivity index (χ3v) is 5.51. The molecule has 0 radical (unpaired) electrons. The molecule has 0 saturated heterocycles. The van der Waals surface area contributed by atoms with Crippen molar-refractivity contribution in [2.24, 2.45) is 5.92 Å².